The Bertz CT molecular complexity index is 1350. The Morgan fingerprint density at radius 1 is 1.23 bits per heavy atom. The molecular weight excluding hydrogens is 667 g/mol. The Kier molecular flexibility index (Phi) is 10.2. The van der Waals surface area contributed by atoms with Crippen LogP contribution >= 0.6 is 30.3 Å². The summed E-state index contributed by atoms with van der Waals surface area (Å²) >= 11 is 1.40. The fraction of sp³-hybridized carbons (Fsp3) is 0.542. The van der Waals surface area contributed by atoms with Gasteiger partial charge in [0.25, 0.3) is 5.56 Å². The summed E-state index contributed by atoms with van der Waals surface area (Å²) in [6.07, 6.45) is -2.13. The number of ether oxygens (including phenoxy) is 2. The highest BCUT2D eigenvalue weighted by Crippen LogP contribution is 2.46. The molecule has 4 rings (SSSR count). The molecule has 1 saturated carbocycles. The molecule has 13 nitrogen and oxygen atoms in total. The standard InChI is InChI=1S/C24H30FIN3O10P/c1-13(23(33)37-14-8-4-2-5-9-14)28-40(35,39-15-10-6-3-7-11-15)36-12-16-18(30)19(31)22(38-16)29-20(26)17(25)21(32)27-24(29)34/h3,6-7,10-11,13-14,16,18-19,22,30-31H,2,4-5,8-9,12H2,1H3,(H,28,35)(H,27,32,34)/t13-,16+,18+,19+,22+,40?/m0/s1. The first-order chi connectivity index (χ1) is 19.0. The number of nitrogens with one attached hydrogen (secondary N) is 2. The molecule has 4 N–H and O–H groups in total. The highest BCUT2D eigenvalue weighted by molar-refractivity contribution is 14.1. The van der Waals surface area contributed by atoms with Crippen LogP contribution in [-0.2, 0) is 23.4 Å². The molecule has 1 unspecified atom stereocenters. The zero-order valence-electron chi connectivity index (χ0n) is 21.4. The minimum Gasteiger partial charge on any atom is -0.461 e. The SMILES string of the molecule is C[C@H](NP(=O)(OC[C@H]1O[C@@H](n2c(I)c(F)c(=O)[nH]c2=O)[C@H](O)[C@@H]1O)Oc1ccccc1)C(=O)OC1CCCCC1. The fourth-order valence-electron chi connectivity index (χ4n) is 4.43. The van der Waals surface area contributed by atoms with Crippen molar-refractivity contribution in [3.63, 3.8) is 0 Å². The van der Waals surface area contributed by atoms with Crippen molar-refractivity contribution in [3.05, 3.63) is 60.7 Å². The molecule has 2 fully saturated rings. The number of benzene rings is 1. The molecule has 0 amide bonds. The maximum atomic E-state index is 14.2. The first kappa shape index (κ1) is 30.8. The van der Waals surface area contributed by atoms with Crippen molar-refractivity contribution in [2.75, 3.05) is 6.61 Å². The monoisotopic (exact) mass is 697 g/mol. The number of esters is 1. The van der Waals surface area contributed by atoms with Crippen molar-refractivity contribution in [1.82, 2.24) is 14.6 Å². The summed E-state index contributed by atoms with van der Waals surface area (Å²) in [5, 5.41) is 23.7. The van der Waals surface area contributed by atoms with Gasteiger partial charge in [-0.3, -0.25) is 23.7 Å². The number of hydrogen-bond donors (Lipinski definition) is 4. The van der Waals surface area contributed by atoms with E-state index < -0.39 is 71.7 Å². The summed E-state index contributed by atoms with van der Waals surface area (Å²) in [6, 6.07) is 6.91. The molecule has 1 aliphatic heterocycles. The lowest BCUT2D eigenvalue weighted by Gasteiger charge is -2.26. The zero-order chi connectivity index (χ0) is 29.0. The van der Waals surface area contributed by atoms with Crippen LogP contribution in [0.5, 0.6) is 5.75 Å². The van der Waals surface area contributed by atoms with Gasteiger partial charge in [0.2, 0.25) is 5.82 Å². The molecule has 2 aromatic rings. The summed E-state index contributed by atoms with van der Waals surface area (Å²) in [6.45, 7) is 0.808. The van der Waals surface area contributed by atoms with Gasteiger partial charge in [-0.25, -0.2) is 9.36 Å². The Morgan fingerprint density at radius 2 is 1.90 bits per heavy atom. The van der Waals surface area contributed by atoms with Gasteiger partial charge in [-0.15, -0.1) is 0 Å². The lowest BCUT2D eigenvalue weighted by Crippen LogP contribution is -2.41. The maximum Gasteiger partial charge on any atom is 0.459 e. The second-order valence-corrected chi connectivity index (χ2v) is 12.2. The van der Waals surface area contributed by atoms with E-state index in [4.69, 9.17) is 18.5 Å². The molecule has 6 atom stereocenters. The van der Waals surface area contributed by atoms with Gasteiger partial charge in [0, 0.05) is 0 Å². The van der Waals surface area contributed by atoms with E-state index in [1.165, 1.54) is 41.6 Å². The van der Waals surface area contributed by atoms with Crippen molar-refractivity contribution in [2.24, 2.45) is 0 Å². The minimum atomic E-state index is -4.33. The second-order valence-electron chi connectivity index (χ2n) is 9.53. The third-order valence-corrected chi connectivity index (χ3v) is 9.18. The van der Waals surface area contributed by atoms with E-state index in [1.54, 1.807) is 23.2 Å². The second kappa shape index (κ2) is 13.2. The minimum absolute atomic E-state index is 0.154. The number of aliphatic hydroxyl groups excluding tert-OH is 2. The Hall–Kier alpha value is -2.14. The van der Waals surface area contributed by atoms with E-state index in [1.807, 2.05) is 0 Å². The summed E-state index contributed by atoms with van der Waals surface area (Å²) < 4.78 is 50.4. The smallest absolute Gasteiger partial charge is 0.459 e. The van der Waals surface area contributed by atoms with Crippen LogP contribution in [0, 0.1) is 9.52 Å². The summed E-state index contributed by atoms with van der Waals surface area (Å²) in [5.41, 5.74) is -2.32. The van der Waals surface area contributed by atoms with Crippen molar-refractivity contribution in [3.8, 4) is 5.75 Å². The van der Waals surface area contributed by atoms with Crippen LogP contribution in [0.25, 0.3) is 0 Å². The topological polar surface area (TPSA) is 178 Å². The molecule has 0 bridgehead atoms. The number of H-pyrrole nitrogens is 1. The maximum absolute atomic E-state index is 14.2. The van der Waals surface area contributed by atoms with Crippen molar-refractivity contribution in [1.29, 1.82) is 0 Å². The van der Waals surface area contributed by atoms with Gasteiger partial charge in [-0.2, -0.15) is 9.48 Å². The normalized spacial score (nSPS) is 25.7. The van der Waals surface area contributed by atoms with E-state index in [0.717, 1.165) is 32.1 Å². The molecule has 1 aromatic carbocycles. The predicted molar refractivity (Wildman–Crippen MR) is 146 cm³/mol. The van der Waals surface area contributed by atoms with Crippen LogP contribution in [-0.4, -0.2) is 62.8 Å². The van der Waals surface area contributed by atoms with Crippen LogP contribution in [0.1, 0.15) is 45.3 Å². The number of halogens is 2. The lowest BCUT2D eigenvalue weighted by atomic mass is 9.98. The molecule has 2 aliphatic rings. The molecule has 220 valence electrons. The number of aromatic amines is 1. The quantitative estimate of drug-likeness (QED) is 0.124. The van der Waals surface area contributed by atoms with E-state index in [2.05, 4.69) is 5.09 Å². The number of aliphatic hydroxyl groups is 2. The van der Waals surface area contributed by atoms with Crippen molar-refractivity contribution >= 4 is 36.3 Å². The number of para-hydroxylation sites is 1. The molecule has 1 aliphatic carbocycles. The van der Waals surface area contributed by atoms with Crippen LogP contribution < -0.4 is 20.9 Å². The number of nitrogens with zero attached hydrogens (tertiary/aromatic N) is 1. The first-order valence-electron chi connectivity index (χ1n) is 12.7. The van der Waals surface area contributed by atoms with Crippen molar-refractivity contribution in [2.45, 2.75) is 75.7 Å². The zero-order valence-corrected chi connectivity index (χ0v) is 24.5. The molecule has 0 spiro atoms. The Morgan fingerprint density at radius 3 is 2.58 bits per heavy atom. The van der Waals surface area contributed by atoms with E-state index >= 15 is 0 Å². The van der Waals surface area contributed by atoms with Gasteiger partial charge in [-0.1, -0.05) is 24.6 Å². The van der Waals surface area contributed by atoms with Gasteiger partial charge >= 0.3 is 19.4 Å². The molecule has 0 radical (unpaired) electrons. The number of rotatable bonds is 10. The van der Waals surface area contributed by atoms with E-state index in [9.17, 15) is 33.6 Å². The van der Waals surface area contributed by atoms with E-state index in [-0.39, 0.29) is 11.9 Å². The van der Waals surface area contributed by atoms with Gasteiger partial charge in [-0.05, 0) is 67.3 Å². The highest BCUT2D eigenvalue weighted by Gasteiger charge is 2.46. The van der Waals surface area contributed by atoms with Crippen LogP contribution in [0.2, 0.25) is 0 Å². The number of hydrogen-bond acceptors (Lipinski definition) is 10. The third-order valence-electron chi connectivity index (χ3n) is 6.54. The Balaban J connectivity index is 1.49. The van der Waals surface area contributed by atoms with Crippen LogP contribution in [0.4, 0.5) is 4.39 Å². The van der Waals surface area contributed by atoms with Gasteiger partial charge in [0.05, 0.1) is 6.61 Å². The number of aromatic nitrogens is 2. The van der Waals surface area contributed by atoms with Gasteiger partial charge in [0.15, 0.2) is 6.23 Å². The molecule has 40 heavy (non-hydrogen) atoms. The van der Waals surface area contributed by atoms with Gasteiger partial charge in [0.1, 0.15) is 39.9 Å². The summed E-state index contributed by atoms with van der Waals surface area (Å²) in [4.78, 5) is 38.3. The largest absolute Gasteiger partial charge is 0.461 e. The molecular formula is C24H30FIN3O10P. The fourth-order valence-corrected chi connectivity index (χ4v) is 6.67. The van der Waals surface area contributed by atoms with Crippen LogP contribution in [0.3, 0.4) is 0 Å². The molecule has 1 aromatic heterocycles. The molecule has 2 heterocycles. The third kappa shape index (κ3) is 7.19. The predicted octanol–water partition coefficient (Wildman–Crippen LogP) is 1.96. The highest BCUT2D eigenvalue weighted by atomic mass is 127. The first-order valence-corrected chi connectivity index (χ1v) is 15.3. The van der Waals surface area contributed by atoms with E-state index in [0.29, 0.717) is 4.57 Å². The molecule has 1 saturated heterocycles. The summed E-state index contributed by atoms with van der Waals surface area (Å²) in [7, 11) is -4.33. The summed E-state index contributed by atoms with van der Waals surface area (Å²) in [5.74, 6) is -1.76. The van der Waals surface area contributed by atoms with Gasteiger partial charge < -0.3 is 24.2 Å². The number of carbonyl (C=O) groups excluding carboxylic acids is 1. The number of carbonyl (C=O) groups is 1. The average Bonchev–Trinajstić information content (AvgIpc) is 3.20. The Labute approximate surface area is 241 Å². The van der Waals surface area contributed by atoms with Crippen molar-refractivity contribution < 1.29 is 42.5 Å². The molecule has 16 heteroatoms. The lowest BCUT2D eigenvalue weighted by molar-refractivity contribution is -0.152. The average molecular weight is 697 g/mol. The van der Waals surface area contributed by atoms with Crippen LogP contribution in [0.15, 0.2) is 39.9 Å².